The lowest BCUT2D eigenvalue weighted by Gasteiger charge is -2.32. The highest BCUT2D eigenvalue weighted by Crippen LogP contribution is 2.65. The van der Waals surface area contributed by atoms with Crippen molar-refractivity contribution in [3.05, 3.63) is 204 Å². The zero-order valence-electron chi connectivity index (χ0n) is 28.6. The minimum Gasteiger partial charge on any atom is -0.435 e. The molecule has 9 aromatic rings. The molecule has 1 aromatic heterocycles. The van der Waals surface area contributed by atoms with E-state index in [1.165, 1.54) is 49.9 Å². The van der Waals surface area contributed by atoms with Crippen LogP contribution in [0.25, 0.3) is 67.1 Å². The molecule has 0 N–H and O–H groups in total. The third-order valence-electron chi connectivity index (χ3n) is 11.7. The average Bonchev–Trinajstić information content (AvgIpc) is 3.96. The van der Waals surface area contributed by atoms with E-state index in [-0.39, 0.29) is 0 Å². The number of oxazole rings is 1. The fraction of sp³-hybridized carbons (Fsp3) is 0.0200. The van der Waals surface area contributed by atoms with Crippen LogP contribution in [0.3, 0.4) is 0 Å². The first-order valence-corrected chi connectivity index (χ1v) is 18.2. The molecule has 0 unspecified atom stereocenters. The SMILES string of the molecule is c1ccc(-c2nc3c(o2)-c2cccc4c(N(c5ccccc5)c5cccc6c5-c5ccccc5C65c6ccccc6-c6ccccc65)ccc-3c24)cc1. The van der Waals surface area contributed by atoms with Crippen molar-refractivity contribution in [2.75, 3.05) is 4.90 Å². The van der Waals surface area contributed by atoms with Gasteiger partial charge in [-0.15, -0.1) is 0 Å². The summed E-state index contributed by atoms with van der Waals surface area (Å²) in [6.45, 7) is 0. The van der Waals surface area contributed by atoms with Gasteiger partial charge in [0.25, 0.3) is 0 Å². The topological polar surface area (TPSA) is 29.3 Å². The van der Waals surface area contributed by atoms with E-state index in [1.807, 2.05) is 30.3 Å². The molecule has 0 amide bonds. The van der Waals surface area contributed by atoms with Crippen molar-refractivity contribution in [3.63, 3.8) is 0 Å². The Labute approximate surface area is 307 Å². The molecule has 0 bridgehead atoms. The molecule has 0 radical (unpaired) electrons. The van der Waals surface area contributed by atoms with Gasteiger partial charge < -0.3 is 9.32 Å². The number of rotatable bonds is 4. The number of fused-ring (bicyclic) bond motifs is 13. The van der Waals surface area contributed by atoms with Crippen molar-refractivity contribution in [2.45, 2.75) is 5.41 Å². The van der Waals surface area contributed by atoms with Crippen molar-refractivity contribution < 1.29 is 4.42 Å². The molecular formula is C50H30N2O. The molecular weight excluding hydrogens is 645 g/mol. The standard InChI is InChI=1S/C50H30N2O/c1-3-15-31(16-4-1)49-51-47-37-29-30-43(36-22-13-23-38(45(36)37)48(47)53-49)52(32-17-5-2-6-18-32)44-28-14-27-42-46(44)35-21-9-12-26-41(35)50(42)39-24-10-7-19-33(39)34-20-8-11-25-40(34)50/h1-30H. The van der Waals surface area contributed by atoms with E-state index < -0.39 is 5.41 Å². The minimum atomic E-state index is -0.421. The molecule has 8 aromatic carbocycles. The fourth-order valence-corrected chi connectivity index (χ4v) is 9.66. The smallest absolute Gasteiger partial charge is 0.227 e. The van der Waals surface area contributed by atoms with Gasteiger partial charge in [0.1, 0.15) is 5.69 Å². The summed E-state index contributed by atoms with van der Waals surface area (Å²) in [6.07, 6.45) is 0. The van der Waals surface area contributed by atoms with Crippen LogP contribution in [0.15, 0.2) is 186 Å². The maximum Gasteiger partial charge on any atom is 0.227 e. The van der Waals surface area contributed by atoms with E-state index in [9.17, 15) is 0 Å². The first-order valence-electron chi connectivity index (χ1n) is 18.2. The summed E-state index contributed by atoms with van der Waals surface area (Å²) >= 11 is 0. The number of anilines is 3. The van der Waals surface area contributed by atoms with Crippen molar-refractivity contribution in [1.29, 1.82) is 0 Å². The summed E-state index contributed by atoms with van der Waals surface area (Å²) in [5.41, 5.74) is 17.5. The Balaban J connectivity index is 1.13. The summed E-state index contributed by atoms with van der Waals surface area (Å²) < 4.78 is 6.54. The Hall–Kier alpha value is -6.97. The second-order valence-electron chi connectivity index (χ2n) is 14.2. The maximum absolute atomic E-state index is 6.54. The molecule has 3 aliphatic rings. The zero-order chi connectivity index (χ0) is 34.7. The number of para-hydroxylation sites is 1. The summed E-state index contributed by atoms with van der Waals surface area (Å²) in [6, 6.07) is 66.0. The lowest BCUT2D eigenvalue weighted by atomic mass is 9.70. The second-order valence-corrected chi connectivity index (χ2v) is 14.2. The monoisotopic (exact) mass is 674 g/mol. The summed E-state index contributed by atoms with van der Waals surface area (Å²) in [5.74, 6) is 1.48. The molecule has 0 aliphatic heterocycles. The predicted molar refractivity (Wildman–Crippen MR) is 215 cm³/mol. The molecule has 3 aliphatic carbocycles. The van der Waals surface area contributed by atoms with Crippen molar-refractivity contribution in [1.82, 2.24) is 4.98 Å². The molecule has 3 nitrogen and oxygen atoms in total. The lowest BCUT2D eigenvalue weighted by molar-refractivity contribution is 0.590. The van der Waals surface area contributed by atoms with Gasteiger partial charge in [-0.25, -0.2) is 4.98 Å². The van der Waals surface area contributed by atoms with Gasteiger partial charge in [0.05, 0.1) is 16.8 Å². The fourth-order valence-electron chi connectivity index (χ4n) is 9.66. The Kier molecular flexibility index (Phi) is 5.70. The Morgan fingerprint density at radius 2 is 1.02 bits per heavy atom. The van der Waals surface area contributed by atoms with E-state index in [4.69, 9.17) is 9.40 Å². The van der Waals surface area contributed by atoms with Gasteiger partial charge in [-0.3, -0.25) is 0 Å². The first kappa shape index (κ1) is 28.7. The van der Waals surface area contributed by atoms with E-state index in [0.29, 0.717) is 5.89 Å². The quantitative estimate of drug-likeness (QED) is 0.186. The summed E-state index contributed by atoms with van der Waals surface area (Å²) in [7, 11) is 0. The first-order chi connectivity index (χ1) is 26.3. The van der Waals surface area contributed by atoms with Crippen molar-refractivity contribution in [3.8, 4) is 56.3 Å². The second kappa shape index (κ2) is 10.5. The molecule has 3 heteroatoms. The van der Waals surface area contributed by atoms with Crippen LogP contribution in [-0.4, -0.2) is 4.98 Å². The lowest BCUT2D eigenvalue weighted by Crippen LogP contribution is -2.26. The van der Waals surface area contributed by atoms with Gasteiger partial charge in [-0.05, 0) is 81.4 Å². The van der Waals surface area contributed by atoms with Crippen molar-refractivity contribution in [2.24, 2.45) is 0 Å². The van der Waals surface area contributed by atoms with Gasteiger partial charge >= 0.3 is 0 Å². The van der Waals surface area contributed by atoms with Crippen LogP contribution >= 0.6 is 0 Å². The summed E-state index contributed by atoms with van der Waals surface area (Å²) in [4.78, 5) is 7.53. The van der Waals surface area contributed by atoms with Crippen LogP contribution < -0.4 is 4.90 Å². The number of aromatic nitrogens is 1. The number of nitrogens with zero attached hydrogens (tertiary/aromatic N) is 2. The minimum absolute atomic E-state index is 0.421. The normalized spacial score (nSPS) is 13.4. The highest BCUT2D eigenvalue weighted by molar-refractivity contribution is 6.18. The van der Waals surface area contributed by atoms with Gasteiger partial charge in [0.2, 0.25) is 5.89 Å². The number of benzene rings is 8. The molecule has 246 valence electrons. The van der Waals surface area contributed by atoms with Crippen LogP contribution in [-0.2, 0) is 5.41 Å². The highest BCUT2D eigenvalue weighted by atomic mass is 16.4. The molecule has 0 saturated heterocycles. The Morgan fingerprint density at radius 3 is 1.75 bits per heavy atom. The summed E-state index contributed by atoms with van der Waals surface area (Å²) in [5, 5.41) is 2.34. The van der Waals surface area contributed by atoms with Gasteiger partial charge in [-0.2, -0.15) is 0 Å². The van der Waals surface area contributed by atoms with E-state index in [1.54, 1.807) is 0 Å². The van der Waals surface area contributed by atoms with Crippen LogP contribution in [0.5, 0.6) is 0 Å². The number of hydrogen-bond acceptors (Lipinski definition) is 3. The molecule has 0 fully saturated rings. The predicted octanol–water partition coefficient (Wildman–Crippen LogP) is 13.0. The third-order valence-corrected chi connectivity index (χ3v) is 11.7. The van der Waals surface area contributed by atoms with Crippen LogP contribution in [0.4, 0.5) is 17.1 Å². The molecule has 12 rings (SSSR count). The molecule has 0 saturated carbocycles. The number of hydrogen-bond donors (Lipinski definition) is 0. The highest BCUT2D eigenvalue weighted by Gasteiger charge is 2.52. The molecule has 53 heavy (non-hydrogen) atoms. The molecule has 1 heterocycles. The Morgan fingerprint density at radius 1 is 0.434 bits per heavy atom. The van der Waals surface area contributed by atoms with E-state index in [0.717, 1.165) is 50.6 Å². The largest absolute Gasteiger partial charge is 0.435 e. The van der Waals surface area contributed by atoms with Gasteiger partial charge in [-0.1, -0.05) is 140 Å². The van der Waals surface area contributed by atoms with Gasteiger partial charge in [0, 0.05) is 38.7 Å². The average molecular weight is 675 g/mol. The van der Waals surface area contributed by atoms with Crippen molar-refractivity contribution >= 4 is 27.8 Å². The maximum atomic E-state index is 6.54. The third kappa shape index (κ3) is 3.66. The van der Waals surface area contributed by atoms with Gasteiger partial charge in [0.15, 0.2) is 5.76 Å². The van der Waals surface area contributed by atoms with Crippen LogP contribution in [0.2, 0.25) is 0 Å². The zero-order valence-corrected chi connectivity index (χ0v) is 28.6. The van der Waals surface area contributed by atoms with E-state index in [2.05, 4.69) is 157 Å². The van der Waals surface area contributed by atoms with E-state index >= 15 is 0 Å². The molecule has 0 atom stereocenters. The molecule has 1 spiro atoms. The Bertz CT molecular complexity index is 2890. The van der Waals surface area contributed by atoms with Crippen LogP contribution in [0, 0.1) is 0 Å². The van der Waals surface area contributed by atoms with Crippen LogP contribution in [0.1, 0.15) is 22.3 Å².